The SMILES string of the molecule is O=[N+]([O-])c1cccc([C@@H]2Oc3ccccc3-c3cc(-c4ccc(Br)cc4)nn32)c1. The van der Waals surface area contributed by atoms with Crippen molar-refractivity contribution in [3.05, 3.63) is 99.0 Å². The normalized spacial score (nSPS) is 14.6. The number of non-ortho nitro benzene ring substituents is 1. The molecule has 1 aliphatic heterocycles. The van der Waals surface area contributed by atoms with E-state index in [0.717, 1.165) is 32.7 Å². The number of hydrogen-bond donors (Lipinski definition) is 0. The molecule has 7 heteroatoms. The molecule has 0 saturated heterocycles. The number of para-hydroxylation sites is 1. The van der Waals surface area contributed by atoms with Crippen LogP contribution in [0.3, 0.4) is 0 Å². The first-order valence-corrected chi connectivity index (χ1v) is 9.75. The van der Waals surface area contributed by atoms with Gasteiger partial charge in [0.15, 0.2) is 0 Å². The molecule has 1 aromatic heterocycles. The van der Waals surface area contributed by atoms with E-state index in [9.17, 15) is 10.1 Å². The Balaban J connectivity index is 1.68. The van der Waals surface area contributed by atoms with Gasteiger partial charge in [-0.1, -0.05) is 52.3 Å². The van der Waals surface area contributed by atoms with E-state index in [1.807, 2.05) is 60.7 Å². The van der Waals surface area contributed by atoms with Gasteiger partial charge < -0.3 is 4.74 Å². The summed E-state index contributed by atoms with van der Waals surface area (Å²) in [5.74, 6) is 0.721. The minimum atomic E-state index is -0.594. The number of nitro benzene ring substituents is 1. The molecule has 29 heavy (non-hydrogen) atoms. The zero-order chi connectivity index (χ0) is 20.0. The van der Waals surface area contributed by atoms with Gasteiger partial charge in [-0.25, -0.2) is 4.68 Å². The molecule has 3 aromatic carbocycles. The number of rotatable bonds is 3. The van der Waals surface area contributed by atoms with Gasteiger partial charge in [0.2, 0.25) is 6.23 Å². The molecule has 4 aromatic rings. The van der Waals surface area contributed by atoms with Crippen LogP contribution in [0.1, 0.15) is 11.8 Å². The Labute approximate surface area is 174 Å². The summed E-state index contributed by atoms with van der Waals surface area (Å²) in [7, 11) is 0. The third-order valence-corrected chi connectivity index (χ3v) is 5.39. The Morgan fingerprint density at radius 1 is 1.00 bits per heavy atom. The second-order valence-electron chi connectivity index (χ2n) is 6.68. The lowest BCUT2D eigenvalue weighted by Crippen LogP contribution is -2.23. The average Bonchev–Trinajstić information content (AvgIpc) is 3.19. The van der Waals surface area contributed by atoms with E-state index in [0.29, 0.717) is 5.56 Å². The number of nitrogens with zero attached hydrogens (tertiary/aromatic N) is 3. The first-order valence-electron chi connectivity index (χ1n) is 8.96. The molecule has 0 radical (unpaired) electrons. The van der Waals surface area contributed by atoms with E-state index in [1.165, 1.54) is 12.1 Å². The molecular formula is C22H14BrN3O3. The van der Waals surface area contributed by atoms with E-state index in [2.05, 4.69) is 15.9 Å². The fourth-order valence-corrected chi connectivity index (χ4v) is 3.75. The van der Waals surface area contributed by atoms with E-state index in [-0.39, 0.29) is 5.69 Å². The molecule has 0 unspecified atom stereocenters. The summed E-state index contributed by atoms with van der Waals surface area (Å²) in [6.45, 7) is 0. The van der Waals surface area contributed by atoms with E-state index < -0.39 is 11.2 Å². The van der Waals surface area contributed by atoms with E-state index >= 15 is 0 Å². The van der Waals surface area contributed by atoms with Gasteiger partial charge in [-0.15, -0.1) is 0 Å². The van der Waals surface area contributed by atoms with Gasteiger partial charge in [0.05, 0.1) is 16.3 Å². The third-order valence-electron chi connectivity index (χ3n) is 4.87. The first-order chi connectivity index (χ1) is 14.1. The molecule has 0 N–H and O–H groups in total. The maximum atomic E-state index is 11.2. The molecule has 5 rings (SSSR count). The summed E-state index contributed by atoms with van der Waals surface area (Å²) in [6.07, 6.45) is -0.594. The number of ether oxygens (including phenoxy) is 1. The Hall–Kier alpha value is -3.45. The van der Waals surface area contributed by atoms with Crippen molar-refractivity contribution in [3.8, 4) is 28.3 Å². The van der Waals surface area contributed by atoms with E-state index in [1.54, 1.807) is 10.7 Å². The van der Waals surface area contributed by atoms with Crippen molar-refractivity contribution in [1.82, 2.24) is 9.78 Å². The molecule has 0 fully saturated rings. The quantitative estimate of drug-likeness (QED) is 0.292. The van der Waals surface area contributed by atoms with Gasteiger partial charge in [-0.2, -0.15) is 5.10 Å². The summed E-state index contributed by atoms with van der Waals surface area (Å²) in [4.78, 5) is 10.8. The van der Waals surface area contributed by atoms with Crippen LogP contribution in [0, 0.1) is 10.1 Å². The lowest BCUT2D eigenvalue weighted by atomic mass is 10.1. The van der Waals surface area contributed by atoms with Crippen LogP contribution < -0.4 is 4.74 Å². The lowest BCUT2D eigenvalue weighted by molar-refractivity contribution is -0.385. The molecule has 2 heterocycles. The summed E-state index contributed by atoms with van der Waals surface area (Å²) in [6, 6.07) is 24.2. The highest BCUT2D eigenvalue weighted by atomic mass is 79.9. The minimum Gasteiger partial charge on any atom is -0.464 e. The Kier molecular flexibility index (Phi) is 4.17. The molecule has 142 valence electrons. The Morgan fingerprint density at radius 2 is 1.79 bits per heavy atom. The van der Waals surface area contributed by atoms with Crippen molar-refractivity contribution in [2.45, 2.75) is 6.23 Å². The predicted octanol–water partition coefficient (Wildman–Crippen LogP) is 5.83. The summed E-state index contributed by atoms with van der Waals surface area (Å²) < 4.78 is 9.00. The second-order valence-corrected chi connectivity index (χ2v) is 7.60. The van der Waals surface area contributed by atoms with Crippen molar-refractivity contribution in [3.63, 3.8) is 0 Å². The van der Waals surface area contributed by atoms with Crippen molar-refractivity contribution in [2.24, 2.45) is 0 Å². The number of fused-ring (bicyclic) bond motifs is 3. The van der Waals surface area contributed by atoms with Crippen LogP contribution in [-0.4, -0.2) is 14.7 Å². The smallest absolute Gasteiger partial charge is 0.269 e. The zero-order valence-corrected chi connectivity index (χ0v) is 16.6. The van der Waals surface area contributed by atoms with Crippen molar-refractivity contribution < 1.29 is 9.66 Å². The number of nitro groups is 1. The molecule has 0 bridgehead atoms. The van der Waals surface area contributed by atoms with Crippen molar-refractivity contribution in [2.75, 3.05) is 0 Å². The van der Waals surface area contributed by atoms with Crippen LogP contribution in [0.5, 0.6) is 5.75 Å². The second kappa shape index (κ2) is 6.86. The summed E-state index contributed by atoms with van der Waals surface area (Å²) in [5, 5.41) is 16.0. The number of hydrogen-bond acceptors (Lipinski definition) is 4. The van der Waals surface area contributed by atoms with Crippen molar-refractivity contribution in [1.29, 1.82) is 0 Å². The van der Waals surface area contributed by atoms with Gasteiger partial charge in [0, 0.05) is 33.3 Å². The Bertz CT molecular complexity index is 1230. The van der Waals surface area contributed by atoms with Crippen LogP contribution >= 0.6 is 15.9 Å². The monoisotopic (exact) mass is 447 g/mol. The molecule has 6 nitrogen and oxygen atoms in total. The maximum Gasteiger partial charge on any atom is 0.269 e. The highest BCUT2D eigenvalue weighted by molar-refractivity contribution is 9.10. The Morgan fingerprint density at radius 3 is 2.59 bits per heavy atom. The zero-order valence-electron chi connectivity index (χ0n) is 15.0. The summed E-state index contributed by atoms with van der Waals surface area (Å²) >= 11 is 3.45. The standard InChI is InChI=1S/C22H14BrN3O3/c23-16-10-8-14(9-11-16)19-13-20-18-6-1-2-7-21(18)29-22(25(20)24-19)15-4-3-5-17(12-15)26(27)28/h1-13,22H/t22-/m0/s1. The largest absolute Gasteiger partial charge is 0.464 e. The van der Waals surface area contributed by atoms with Gasteiger partial charge in [0.1, 0.15) is 5.75 Å². The number of halogens is 1. The van der Waals surface area contributed by atoms with Crippen LogP contribution in [0.2, 0.25) is 0 Å². The van der Waals surface area contributed by atoms with Gasteiger partial charge in [0.25, 0.3) is 5.69 Å². The fourth-order valence-electron chi connectivity index (χ4n) is 3.49. The molecule has 0 aliphatic carbocycles. The van der Waals surface area contributed by atoms with Gasteiger partial charge >= 0.3 is 0 Å². The maximum absolute atomic E-state index is 11.2. The topological polar surface area (TPSA) is 70.2 Å². The lowest BCUT2D eigenvalue weighted by Gasteiger charge is -2.27. The van der Waals surface area contributed by atoms with Crippen LogP contribution in [0.25, 0.3) is 22.5 Å². The van der Waals surface area contributed by atoms with Gasteiger partial charge in [-0.05, 0) is 30.3 Å². The molecule has 1 aliphatic rings. The third kappa shape index (κ3) is 3.09. The molecule has 0 amide bonds. The predicted molar refractivity (Wildman–Crippen MR) is 113 cm³/mol. The average molecular weight is 448 g/mol. The number of aromatic nitrogens is 2. The molecular weight excluding hydrogens is 434 g/mol. The fraction of sp³-hybridized carbons (Fsp3) is 0.0455. The van der Waals surface area contributed by atoms with Crippen molar-refractivity contribution >= 4 is 21.6 Å². The molecule has 0 saturated carbocycles. The van der Waals surface area contributed by atoms with Crippen LogP contribution in [0.15, 0.2) is 83.3 Å². The van der Waals surface area contributed by atoms with Gasteiger partial charge in [-0.3, -0.25) is 10.1 Å². The molecule has 1 atom stereocenters. The van der Waals surface area contributed by atoms with E-state index in [4.69, 9.17) is 9.84 Å². The van der Waals surface area contributed by atoms with Crippen LogP contribution in [-0.2, 0) is 0 Å². The van der Waals surface area contributed by atoms with Crippen LogP contribution in [0.4, 0.5) is 5.69 Å². The number of benzene rings is 3. The first kappa shape index (κ1) is 17.6. The highest BCUT2D eigenvalue weighted by Crippen LogP contribution is 2.42. The minimum absolute atomic E-state index is 0.0202. The summed E-state index contributed by atoms with van der Waals surface area (Å²) in [5.41, 5.74) is 4.31. The highest BCUT2D eigenvalue weighted by Gasteiger charge is 2.29. The molecule has 0 spiro atoms.